The van der Waals surface area contributed by atoms with E-state index in [0.717, 1.165) is 5.56 Å². The summed E-state index contributed by atoms with van der Waals surface area (Å²) in [5, 5.41) is 19.5. The molecule has 0 aliphatic heterocycles. The first-order chi connectivity index (χ1) is 11.8. The van der Waals surface area contributed by atoms with Crippen LogP contribution in [0.4, 0.5) is 0 Å². The first-order valence-corrected chi connectivity index (χ1v) is 7.25. The minimum Gasteiger partial charge on any atom is -0.497 e. The standard InChI is InChI=1S/C19H13N3O2/c1-23-14-7-8-18-15(9-14)16(10-20)17(11-21)19(22-18)24-12-13-5-3-2-4-6-13/h2-9H,12H2,1H3. The lowest BCUT2D eigenvalue weighted by atomic mass is 10.0. The topological polar surface area (TPSA) is 78.9 Å². The average molecular weight is 315 g/mol. The maximum Gasteiger partial charge on any atom is 0.233 e. The highest BCUT2D eigenvalue weighted by molar-refractivity contribution is 5.89. The fraction of sp³-hybridized carbons (Fsp3) is 0.105. The van der Waals surface area contributed by atoms with Crippen molar-refractivity contribution in [2.24, 2.45) is 0 Å². The summed E-state index contributed by atoms with van der Waals surface area (Å²) in [6, 6.07) is 18.9. The second kappa shape index (κ2) is 6.68. The highest BCUT2D eigenvalue weighted by Gasteiger charge is 2.17. The molecule has 3 rings (SSSR count). The van der Waals surface area contributed by atoms with Gasteiger partial charge in [0.1, 0.15) is 30.1 Å². The molecule has 0 bridgehead atoms. The van der Waals surface area contributed by atoms with E-state index in [9.17, 15) is 10.5 Å². The number of aromatic nitrogens is 1. The summed E-state index contributed by atoms with van der Waals surface area (Å²) in [5.74, 6) is 0.762. The molecule has 0 aliphatic carbocycles. The van der Waals surface area contributed by atoms with Gasteiger partial charge in [-0.3, -0.25) is 0 Å². The number of methoxy groups -OCH3 is 1. The molecule has 5 nitrogen and oxygen atoms in total. The van der Waals surface area contributed by atoms with E-state index in [4.69, 9.17) is 9.47 Å². The molecule has 2 aromatic carbocycles. The Hall–Kier alpha value is -3.57. The highest BCUT2D eigenvalue weighted by Crippen LogP contribution is 2.30. The maximum atomic E-state index is 9.50. The molecule has 0 spiro atoms. The van der Waals surface area contributed by atoms with E-state index in [1.54, 1.807) is 25.3 Å². The number of nitriles is 2. The van der Waals surface area contributed by atoms with Crippen molar-refractivity contribution in [1.29, 1.82) is 10.5 Å². The predicted octanol–water partition coefficient (Wildman–Crippen LogP) is 3.57. The summed E-state index contributed by atoms with van der Waals surface area (Å²) in [4.78, 5) is 4.39. The first-order valence-electron chi connectivity index (χ1n) is 7.25. The Morgan fingerprint density at radius 1 is 1.00 bits per heavy atom. The van der Waals surface area contributed by atoms with Crippen molar-refractivity contribution in [2.75, 3.05) is 7.11 Å². The summed E-state index contributed by atoms with van der Waals surface area (Å²) in [6.45, 7) is 0.273. The molecule has 3 aromatic rings. The minimum atomic E-state index is 0.134. The van der Waals surface area contributed by atoms with E-state index < -0.39 is 0 Å². The number of nitrogens with zero attached hydrogens (tertiary/aromatic N) is 3. The summed E-state index contributed by atoms with van der Waals surface area (Å²) < 4.78 is 10.9. The minimum absolute atomic E-state index is 0.134. The Labute approximate surface area is 139 Å². The number of hydrogen-bond acceptors (Lipinski definition) is 5. The van der Waals surface area contributed by atoms with Gasteiger partial charge >= 0.3 is 0 Å². The van der Waals surface area contributed by atoms with Crippen LogP contribution in [0.5, 0.6) is 11.6 Å². The van der Waals surface area contributed by atoms with E-state index >= 15 is 0 Å². The van der Waals surface area contributed by atoms with Gasteiger partial charge < -0.3 is 9.47 Å². The van der Waals surface area contributed by atoms with Gasteiger partial charge in [-0.2, -0.15) is 10.5 Å². The third-order valence-electron chi connectivity index (χ3n) is 3.60. The van der Waals surface area contributed by atoms with Crippen LogP contribution in [0.2, 0.25) is 0 Å². The lowest BCUT2D eigenvalue weighted by molar-refractivity contribution is 0.294. The Kier molecular flexibility index (Phi) is 4.27. The molecule has 0 saturated carbocycles. The third-order valence-corrected chi connectivity index (χ3v) is 3.60. The van der Waals surface area contributed by atoms with Crippen molar-refractivity contribution in [3.63, 3.8) is 0 Å². The van der Waals surface area contributed by atoms with E-state index in [0.29, 0.717) is 16.7 Å². The smallest absolute Gasteiger partial charge is 0.233 e. The van der Waals surface area contributed by atoms with Gasteiger partial charge in [-0.05, 0) is 23.8 Å². The monoisotopic (exact) mass is 315 g/mol. The molecule has 1 aromatic heterocycles. The number of fused-ring (bicyclic) bond motifs is 1. The molecule has 0 radical (unpaired) electrons. The van der Waals surface area contributed by atoms with E-state index in [2.05, 4.69) is 11.1 Å². The van der Waals surface area contributed by atoms with Crippen molar-refractivity contribution in [3.8, 4) is 23.8 Å². The van der Waals surface area contributed by atoms with Crippen LogP contribution in [0.25, 0.3) is 10.9 Å². The van der Waals surface area contributed by atoms with Crippen LogP contribution < -0.4 is 9.47 Å². The SMILES string of the molecule is COc1ccc2nc(OCc3ccccc3)c(C#N)c(C#N)c2c1. The molecule has 116 valence electrons. The molecule has 0 fully saturated rings. The zero-order chi connectivity index (χ0) is 16.9. The lowest BCUT2D eigenvalue weighted by Gasteiger charge is -2.11. The fourth-order valence-corrected chi connectivity index (χ4v) is 2.40. The summed E-state index contributed by atoms with van der Waals surface area (Å²) in [5.41, 5.74) is 1.91. The molecular weight excluding hydrogens is 302 g/mol. The Bertz CT molecular complexity index is 970. The molecule has 0 atom stereocenters. The fourth-order valence-electron chi connectivity index (χ4n) is 2.40. The summed E-state index contributed by atoms with van der Waals surface area (Å²) >= 11 is 0. The first kappa shape index (κ1) is 15.3. The second-order valence-corrected chi connectivity index (χ2v) is 5.05. The molecule has 0 N–H and O–H groups in total. The van der Waals surface area contributed by atoms with Crippen LogP contribution >= 0.6 is 0 Å². The zero-order valence-electron chi connectivity index (χ0n) is 13.0. The molecular formula is C19H13N3O2. The van der Waals surface area contributed by atoms with Crippen LogP contribution in [-0.4, -0.2) is 12.1 Å². The predicted molar refractivity (Wildman–Crippen MR) is 88.5 cm³/mol. The summed E-state index contributed by atoms with van der Waals surface area (Å²) in [7, 11) is 1.54. The van der Waals surface area contributed by atoms with Gasteiger partial charge in [0.25, 0.3) is 0 Å². The van der Waals surface area contributed by atoms with Gasteiger partial charge in [0, 0.05) is 5.39 Å². The van der Waals surface area contributed by atoms with Gasteiger partial charge in [-0.25, -0.2) is 4.98 Å². The molecule has 1 heterocycles. The van der Waals surface area contributed by atoms with Crippen molar-refractivity contribution in [1.82, 2.24) is 4.98 Å². The number of rotatable bonds is 4. The Morgan fingerprint density at radius 2 is 1.75 bits per heavy atom. The van der Waals surface area contributed by atoms with Crippen molar-refractivity contribution >= 4 is 10.9 Å². The quantitative estimate of drug-likeness (QED) is 0.735. The molecule has 0 unspecified atom stereocenters. The zero-order valence-corrected chi connectivity index (χ0v) is 13.0. The van der Waals surface area contributed by atoms with Crippen molar-refractivity contribution in [3.05, 3.63) is 65.2 Å². The molecule has 0 amide bonds. The van der Waals surface area contributed by atoms with Crippen LogP contribution in [0.15, 0.2) is 48.5 Å². The number of ether oxygens (including phenoxy) is 2. The van der Waals surface area contributed by atoms with Crippen LogP contribution in [-0.2, 0) is 6.61 Å². The Morgan fingerprint density at radius 3 is 2.42 bits per heavy atom. The van der Waals surface area contributed by atoms with Crippen molar-refractivity contribution in [2.45, 2.75) is 6.61 Å². The molecule has 0 saturated heterocycles. The van der Waals surface area contributed by atoms with Crippen LogP contribution in [0, 0.1) is 22.7 Å². The largest absolute Gasteiger partial charge is 0.497 e. The third kappa shape index (κ3) is 2.84. The molecule has 0 aliphatic rings. The lowest BCUT2D eigenvalue weighted by Crippen LogP contribution is -2.02. The average Bonchev–Trinajstić information content (AvgIpc) is 2.65. The van der Waals surface area contributed by atoms with Crippen LogP contribution in [0.3, 0.4) is 0 Å². The van der Waals surface area contributed by atoms with Crippen molar-refractivity contribution < 1.29 is 9.47 Å². The molecule has 24 heavy (non-hydrogen) atoms. The maximum absolute atomic E-state index is 9.50. The van der Waals surface area contributed by atoms with E-state index in [1.165, 1.54) is 0 Å². The van der Waals surface area contributed by atoms with E-state index in [1.807, 2.05) is 36.4 Å². The Balaban J connectivity index is 2.08. The number of benzene rings is 2. The van der Waals surface area contributed by atoms with Gasteiger partial charge in [-0.15, -0.1) is 0 Å². The van der Waals surface area contributed by atoms with Crippen LogP contribution in [0.1, 0.15) is 16.7 Å². The number of hydrogen-bond donors (Lipinski definition) is 0. The van der Waals surface area contributed by atoms with E-state index in [-0.39, 0.29) is 23.6 Å². The number of pyridine rings is 1. The van der Waals surface area contributed by atoms with Gasteiger partial charge in [0.2, 0.25) is 5.88 Å². The normalized spacial score (nSPS) is 9.96. The summed E-state index contributed by atoms with van der Waals surface area (Å²) in [6.07, 6.45) is 0. The second-order valence-electron chi connectivity index (χ2n) is 5.05. The van der Waals surface area contributed by atoms with Gasteiger partial charge in [0.15, 0.2) is 0 Å². The van der Waals surface area contributed by atoms with Gasteiger partial charge in [0.05, 0.1) is 18.2 Å². The highest BCUT2D eigenvalue weighted by atomic mass is 16.5. The molecule has 5 heteroatoms. The van der Waals surface area contributed by atoms with Gasteiger partial charge in [-0.1, -0.05) is 30.3 Å².